The van der Waals surface area contributed by atoms with Gasteiger partial charge in [0.25, 0.3) is 10.0 Å². The first kappa shape index (κ1) is 10.8. The normalized spacial score (nSPS) is 10.7. The number of sulfonamides is 1. The van der Waals surface area contributed by atoms with Crippen molar-refractivity contribution in [3.8, 4) is 0 Å². The Morgan fingerprint density at radius 1 is 1.50 bits per heavy atom. The van der Waals surface area contributed by atoms with Gasteiger partial charge in [-0.1, -0.05) is 11.6 Å². The summed E-state index contributed by atoms with van der Waals surface area (Å²) < 4.78 is 37.6. The molecule has 0 heterocycles. The molecule has 74 valence electrons. The molecule has 0 radical (unpaired) electrons. The molecule has 0 unspecified atom stereocenters. The van der Waals surface area contributed by atoms with E-state index in [-0.39, 0.29) is 5.02 Å². The minimum atomic E-state index is -4.28. The highest BCUT2D eigenvalue weighted by molar-refractivity contribution is 7.90. The van der Waals surface area contributed by atoms with Crippen LogP contribution in [0.1, 0.15) is 0 Å². The predicted octanol–water partition coefficient (Wildman–Crippen LogP) is 2.48. The molecule has 1 aromatic carbocycles. The second-order valence-corrected chi connectivity index (χ2v) is 4.21. The van der Waals surface area contributed by atoms with Gasteiger partial charge in [0.1, 0.15) is 10.7 Å². The summed E-state index contributed by atoms with van der Waals surface area (Å²) in [6, 6.07) is 2.94. The average Bonchev–Trinajstić information content (AvgIpc) is 2.02. The zero-order chi connectivity index (χ0) is 10.8. The van der Waals surface area contributed by atoms with Gasteiger partial charge in [0, 0.05) is 14.5 Å². The highest BCUT2D eigenvalue weighted by atomic mass is 35.5. The lowest BCUT2D eigenvalue weighted by Gasteiger charge is -1.98. The molecule has 0 saturated carbocycles. The zero-order valence-corrected chi connectivity index (χ0v) is 8.13. The lowest BCUT2D eigenvalue weighted by Crippen LogP contribution is -1.98. The van der Waals surface area contributed by atoms with Gasteiger partial charge in [-0.05, 0) is 23.7 Å². The minimum Gasteiger partial charge on any atom is -0.216 e. The molecule has 5 nitrogen and oxygen atoms in total. The van der Waals surface area contributed by atoms with Crippen molar-refractivity contribution in [1.29, 1.82) is 0 Å². The Bertz CT molecular complexity index is 510. The van der Waals surface area contributed by atoms with Crippen LogP contribution in [0, 0.1) is 5.82 Å². The second kappa shape index (κ2) is 3.83. The van der Waals surface area contributed by atoms with Crippen molar-refractivity contribution in [3.63, 3.8) is 0 Å². The number of benzene rings is 1. The number of halogens is 2. The van der Waals surface area contributed by atoms with E-state index in [1.54, 1.807) is 0 Å². The van der Waals surface area contributed by atoms with Gasteiger partial charge in [-0.25, -0.2) is 12.8 Å². The topological polar surface area (TPSA) is 82.9 Å². The molecule has 0 fully saturated rings. The fourth-order valence-corrected chi connectivity index (χ4v) is 1.66. The maximum atomic E-state index is 13.0. The molecular weight excluding hydrogens is 233 g/mol. The molecule has 0 spiro atoms. The summed E-state index contributed by atoms with van der Waals surface area (Å²) in [5, 5.41) is 0.0578. The molecule has 0 aliphatic carbocycles. The van der Waals surface area contributed by atoms with Crippen LogP contribution in [0.4, 0.5) is 4.39 Å². The number of hydrogen-bond acceptors (Lipinski definition) is 2. The first-order valence-corrected chi connectivity index (χ1v) is 5.05. The van der Waals surface area contributed by atoms with Crippen LogP contribution in [0.15, 0.2) is 27.6 Å². The van der Waals surface area contributed by atoms with Crippen molar-refractivity contribution in [1.82, 2.24) is 0 Å². The predicted molar refractivity (Wildman–Crippen MR) is 47.7 cm³/mol. The fraction of sp³-hybridized carbons (Fsp3) is 0. The van der Waals surface area contributed by atoms with Crippen LogP contribution >= 0.6 is 11.6 Å². The van der Waals surface area contributed by atoms with Gasteiger partial charge in [0.2, 0.25) is 0 Å². The van der Waals surface area contributed by atoms with E-state index in [9.17, 15) is 12.8 Å². The highest BCUT2D eigenvalue weighted by Gasteiger charge is 2.17. The summed E-state index contributed by atoms with van der Waals surface area (Å²) in [5.74, 6) is -1.05. The molecule has 0 amide bonds. The van der Waals surface area contributed by atoms with Gasteiger partial charge in [-0.3, -0.25) is 0 Å². The number of rotatable bonds is 2. The standard InChI is InChI=1S/C6H3ClFN3O2S/c7-4-1-2-6(5(8)3-4)14(12,13)11-10-9/h1-3H. The third-order valence-electron chi connectivity index (χ3n) is 1.32. The Morgan fingerprint density at radius 3 is 2.64 bits per heavy atom. The molecule has 1 rings (SSSR count). The Balaban J connectivity index is 3.41. The molecule has 0 atom stereocenters. The van der Waals surface area contributed by atoms with Crippen LogP contribution in [0.25, 0.3) is 10.4 Å². The monoisotopic (exact) mass is 235 g/mol. The van der Waals surface area contributed by atoms with Crippen LogP contribution in [0.2, 0.25) is 5.02 Å². The zero-order valence-electron chi connectivity index (χ0n) is 6.55. The molecular formula is C6H3ClFN3O2S. The summed E-state index contributed by atoms with van der Waals surface area (Å²) in [5.41, 5.74) is 7.94. The number of nitrogens with zero attached hydrogens (tertiary/aromatic N) is 3. The first-order valence-electron chi connectivity index (χ1n) is 3.24. The maximum Gasteiger partial charge on any atom is 0.267 e. The quantitative estimate of drug-likeness (QED) is 0.448. The third-order valence-corrected chi connectivity index (χ3v) is 2.73. The summed E-state index contributed by atoms with van der Waals surface area (Å²) >= 11 is 5.41. The Labute approximate surface area is 83.8 Å². The highest BCUT2D eigenvalue weighted by Crippen LogP contribution is 2.20. The summed E-state index contributed by atoms with van der Waals surface area (Å²) in [6.07, 6.45) is 0. The van der Waals surface area contributed by atoms with Crippen molar-refractivity contribution >= 4 is 21.6 Å². The van der Waals surface area contributed by atoms with Gasteiger partial charge < -0.3 is 0 Å². The average molecular weight is 236 g/mol. The summed E-state index contributed by atoms with van der Waals surface area (Å²) in [7, 11) is -4.28. The van der Waals surface area contributed by atoms with E-state index in [1.165, 1.54) is 6.07 Å². The lowest BCUT2D eigenvalue weighted by molar-refractivity contribution is 0.568. The molecule has 0 saturated heterocycles. The molecule has 0 aliphatic rings. The SMILES string of the molecule is [N-]=[N+]=NS(=O)(=O)c1ccc(Cl)cc1F. The van der Waals surface area contributed by atoms with Crippen LogP contribution in [-0.4, -0.2) is 8.42 Å². The molecule has 0 N–H and O–H groups in total. The van der Waals surface area contributed by atoms with E-state index in [0.29, 0.717) is 0 Å². The van der Waals surface area contributed by atoms with Crippen LogP contribution in [0.5, 0.6) is 0 Å². The molecule has 8 heteroatoms. The van der Waals surface area contributed by atoms with E-state index >= 15 is 0 Å². The molecule has 1 aromatic rings. The third kappa shape index (κ3) is 2.14. The molecule has 0 aliphatic heterocycles. The first-order chi connectivity index (χ1) is 6.47. The summed E-state index contributed by atoms with van der Waals surface area (Å²) in [4.78, 5) is 1.39. The van der Waals surface area contributed by atoms with Gasteiger partial charge in [-0.15, -0.1) is 0 Å². The van der Waals surface area contributed by atoms with Crippen molar-refractivity contribution in [2.75, 3.05) is 0 Å². The fourth-order valence-electron chi connectivity index (χ4n) is 0.776. The number of azide groups is 1. The lowest BCUT2D eigenvalue weighted by atomic mass is 10.3. The van der Waals surface area contributed by atoms with Crippen LogP contribution < -0.4 is 0 Å². The van der Waals surface area contributed by atoms with E-state index in [0.717, 1.165) is 12.1 Å². The van der Waals surface area contributed by atoms with Crippen LogP contribution in [0.3, 0.4) is 0 Å². The second-order valence-electron chi connectivity index (χ2n) is 2.22. The van der Waals surface area contributed by atoms with Gasteiger partial charge in [0.15, 0.2) is 0 Å². The van der Waals surface area contributed by atoms with Crippen molar-refractivity contribution < 1.29 is 12.8 Å². The number of hydrogen-bond donors (Lipinski definition) is 0. The molecule has 14 heavy (non-hydrogen) atoms. The Morgan fingerprint density at radius 2 is 2.14 bits per heavy atom. The van der Waals surface area contributed by atoms with Gasteiger partial charge in [-0.2, -0.15) is 0 Å². The van der Waals surface area contributed by atoms with Crippen molar-refractivity contribution in [2.45, 2.75) is 4.90 Å². The molecule has 0 aromatic heterocycles. The van der Waals surface area contributed by atoms with Crippen molar-refractivity contribution in [3.05, 3.63) is 39.5 Å². The van der Waals surface area contributed by atoms with E-state index in [4.69, 9.17) is 17.1 Å². The van der Waals surface area contributed by atoms with Crippen LogP contribution in [-0.2, 0) is 10.0 Å². The van der Waals surface area contributed by atoms with E-state index < -0.39 is 20.7 Å². The largest absolute Gasteiger partial charge is 0.267 e. The minimum absolute atomic E-state index is 0.0578. The Kier molecular flexibility index (Phi) is 2.95. The van der Waals surface area contributed by atoms with Gasteiger partial charge >= 0.3 is 0 Å². The van der Waals surface area contributed by atoms with E-state index in [2.05, 4.69) is 9.43 Å². The maximum absolute atomic E-state index is 13.0. The van der Waals surface area contributed by atoms with Gasteiger partial charge in [0.05, 0.1) is 0 Å². The Hall–Kier alpha value is -1.30. The molecule has 0 bridgehead atoms. The van der Waals surface area contributed by atoms with Crippen molar-refractivity contribution in [2.24, 2.45) is 4.52 Å². The van der Waals surface area contributed by atoms with E-state index in [1.807, 2.05) is 0 Å². The smallest absolute Gasteiger partial charge is 0.216 e. The summed E-state index contributed by atoms with van der Waals surface area (Å²) in [6.45, 7) is 0.